The van der Waals surface area contributed by atoms with E-state index >= 15 is 0 Å². The third-order valence-electron chi connectivity index (χ3n) is 4.73. The number of nitrogens with one attached hydrogen (secondary N) is 1. The van der Waals surface area contributed by atoms with Gasteiger partial charge in [-0.2, -0.15) is 4.57 Å². The summed E-state index contributed by atoms with van der Waals surface area (Å²) in [5.74, 6) is -1.96. The standard InChI is InChI=1S/C17H17N7O5S2/c1-22-17(19-20-21-22)31-8-9-7-30-15-12(14(27)24(15)13(9)16(28)29)18-10-2-4-23(5-3-10)6-11(25)26/h2-5,12,15H,6-8H2,1H3,(H2,25,26,28,29)/t12-,15-/m1/s1. The molecule has 12 nitrogen and oxygen atoms in total. The van der Waals surface area contributed by atoms with Crippen LogP contribution < -0.4 is 15.0 Å². The van der Waals surface area contributed by atoms with E-state index in [1.54, 1.807) is 31.6 Å². The first kappa shape index (κ1) is 21.1. The van der Waals surface area contributed by atoms with Gasteiger partial charge in [0.25, 0.3) is 5.91 Å². The molecule has 2 N–H and O–H groups in total. The molecule has 2 aromatic rings. The van der Waals surface area contributed by atoms with Crippen molar-refractivity contribution in [2.24, 2.45) is 7.05 Å². The summed E-state index contributed by atoms with van der Waals surface area (Å²) in [5.41, 5.74) is 1.12. The number of anilines is 1. The molecule has 0 aromatic carbocycles. The van der Waals surface area contributed by atoms with Crippen LogP contribution in [0.1, 0.15) is 0 Å². The molecule has 162 valence electrons. The number of aliphatic carboxylic acids is 2. The molecule has 1 fully saturated rings. The minimum atomic E-state index is -1.39. The topological polar surface area (TPSA) is 157 Å². The summed E-state index contributed by atoms with van der Waals surface area (Å²) >= 11 is 2.75. The number of tetrazole rings is 1. The van der Waals surface area contributed by atoms with E-state index in [1.165, 1.54) is 37.7 Å². The highest BCUT2D eigenvalue weighted by Gasteiger charge is 2.52. The first-order valence-electron chi connectivity index (χ1n) is 9.06. The molecule has 1 saturated heterocycles. The second-order valence-corrected chi connectivity index (χ2v) is 8.85. The number of fused-ring (bicyclic) bond motifs is 1. The molecule has 4 heterocycles. The average molecular weight is 464 g/mol. The highest BCUT2D eigenvalue weighted by molar-refractivity contribution is 8.01. The largest absolute Gasteiger partial charge is 0.543 e. The Morgan fingerprint density at radius 1 is 1.42 bits per heavy atom. The second-order valence-electron chi connectivity index (χ2n) is 6.80. The van der Waals surface area contributed by atoms with Gasteiger partial charge in [-0.3, -0.25) is 9.69 Å². The number of aromatic nitrogens is 5. The van der Waals surface area contributed by atoms with Gasteiger partial charge in [-0.05, 0) is 16.0 Å². The Morgan fingerprint density at radius 3 is 2.77 bits per heavy atom. The highest BCUT2D eigenvalue weighted by Crippen LogP contribution is 2.42. The maximum atomic E-state index is 12.8. The number of carbonyl (C=O) groups is 3. The van der Waals surface area contributed by atoms with Crippen LogP contribution >= 0.6 is 23.5 Å². The number of nitrogens with zero attached hydrogens (tertiary/aromatic N) is 6. The van der Waals surface area contributed by atoms with Crippen molar-refractivity contribution in [1.29, 1.82) is 0 Å². The van der Waals surface area contributed by atoms with E-state index in [2.05, 4.69) is 20.8 Å². The first-order valence-corrected chi connectivity index (χ1v) is 11.1. The monoisotopic (exact) mass is 463 g/mol. The molecule has 2 aliphatic rings. The van der Waals surface area contributed by atoms with E-state index in [0.717, 1.165) is 0 Å². The van der Waals surface area contributed by atoms with Gasteiger partial charge in [-0.1, -0.05) is 11.8 Å². The summed E-state index contributed by atoms with van der Waals surface area (Å²) in [6.07, 6.45) is 3.18. The smallest absolute Gasteiger partial charge is 0.370 e. The molecule has 2 aliphatic heterocycles. The molecule has 2 aromatic heterocycles. The SMILES string of the molecule is Cn1nnnc1SCC1=C(C(=O)[O-])N2C(=O)[C@@H](Nc3cc[n+](CC(=O)O)cc3)[C@H]2SC1. The summed E-state index contributed by atoms with van der Waals surface area (Å²) in [6, 6.07) is 2.74. The molecule has 0 spiro atoms. The highest BCUT2D eigenvalue weighted by atomic mass is 32.2. The molecule has 4 rings (SSSR count). The molecule has 1 amide bonds. The Balaban J connectivity index is 1.46. The van der Waals surface area contributed by atoms with Crippen molar-refractivity contribution in [2.75, 3.05) is 16.8 Å². The van der Waals surface area contributed by atoms with Crippen molar-refractivity contribution in [3.8, 4) is 0 Å². The Bertz CT molecular complexity index is 1070. The van der Waals surface area contributed by atoms with Gasteiger partial charge in [0.2, 0.25) is 11.7 Å². The van der Waals surface area contributed by atoms with Crippen molar-refractivity contribution in [2.45, 2.75) is 23.1 Å². The van der Waals surface area contributed by atoms with Crippen LogP contribution in [0, 0.1) is 0 Å². The summed E-state index contributed by atoms with van der Waals surface area (Å²) in [4.78, 5) is 36.6. The molecule has 0 aliphatic carbocycles. The Hall–Kier alpha value is -3.13. The summed E-state index contributed by atoms with van der Waals surface area (Å²) in [6.45, 7) is -0.167. The minimum Gasteiger partial charge on any atom is -0.543 e. The lowest BCUT2D eigenvalue weighted by molar-refractivity contribution is -0.685. The molecule has 0 unspecified atom stereocenters. The van der Waals surface area contributed by atoms with Crippen molar-refractivity contribution in [3.63, 3.8) is 0 Å². The van der Waals surface area contributed by atoms with Gasteiger partial charge in [0.05, 0.1) is 11.7 Å². The van der Waals surface area contributed by atoms with Crippen LogP contribution in [0.3, 0.4) is 0 Å². The lowest BCUT2D eigenvalue weighted by Crippen LogP contribution is -2.68. The van der Waals surface area contributed by atoms with Crippen molar-refractivity contribution in [3.05, 3.63) is 35.8 Å². The molecular formula is C17H17N7O5S2. The number of carbonyl (C=O) groups excluding carboxylic acids is 2. The van der Waals surface area contributed by atoms with Gasteiger partial charge in [0.15, 0.2) is 12.4 Å². The number of hydrogen-bond acceptors (Lipinski definition) is 10. The second kappa shape index (κ2) is 8.55. The van der Waals surface area contributed by atoms with Gasteiger partial charge in [-0.25, -0.2) is 9.48 Å². The number of β-lactam (4-membered cyclic amide) rings is 1. The van der Waals surface area contributed by atoms with Crippen LogP contribution in [0.4, 0.5) is 5.69 Å². The van der Waals surface area contributed by atoms with E-state index in [4.69, 9.17) is 5.11 Å². The quantitative estimate of drug-likeness (QED) is 0.255. The number of pyridine rings is 1. The molecular weight excluding hydrogens is 446 g/mol. The molecule has 31 heavy (non-hydrogen) atoms. The van der Waals surface area contributed by atoms with Crippen LogP contribution in [0.25, 0.3) is 0 Å². The zero-order chi connectivity index (χ0) is 22.1. The number of rotatable bonds is 8. The van der Waals surface area contributed by atoms with Crippen LogP contribution in [0.15, 0.2) is 41.0 Å². The van der Waals surface area contributed by atoms with Crippen molar-refractivity contribution >= 4 is 47.1 Å². The van der Waals surface area contributed by atoms with Crippen LogP contribution in [-0.2, 0) is 28.0 Å². The fraction of sp³-hybridized carbons (Fsp3) is 0.353. The molecule has 0 radical (unpaired) electrons. The number of amides is 1. The fourth-order valence-electron chi connectivity index (χ4n) is 3.27. The predicted octanol–water partition coefficient (Wildman–Crippen LogP) is -1.93. The predicted molar refractivity (Wildman–Crippen MR) is 106 cm³/mol. The molecule has 2 atom stereocenters. The molecule has 14 heteroatoms. The van der Waals surface area contributed by atoms with E-state index in [1.807, 2.05) is 0 Å². The lowest BCUT2D eigenvalue weighted by Gasteiger charge is -2.51. The Labute approximate surface area is 184 Å². The third-order valence-corrected chi connectivity index (χ3v) is 7.16. The van der Waals surface area contributed by atoms with Crippen molar-refractivity contribution in [1.82, 2.24) is 25.1 Å². The summed E-state index contributed by atoms with van der Waals surface area (Å²) in [5, 5.41) is 35.1. The average Bonchev–Trinajstić information content (AvgIpc) is 3.15. The normalized spacial score (nSPS) is 20.3. The molecule has 0 bridgehead atoms. The zero-order valence-electron chi connectivity index (χ0n) is 16.2. The zero-order valence-corrected chi connectivity index (χ0v) is 17.8. The Kier molecular flexibility index (Phi) is 5.82. The van der Waals surface area contributed by atoms with Crippen LogP contribution in [-0.4, -0.2) is 71.0 Å². The maximum Gasteiger partial charge on any atom is 0.370 e. The number of aryl methyl sites for hydroxylation is 1. The number of carboxylic acids is 2. The van der Waals surface area contributed by atoms with Crippen LogP contribution in [0.2, 0.25) is 0 Å². The Morgan fingerprint density at radius 2 is 2.16 bits per heavy atom. The van der Waals surface area contributed by atoms with Gasteiger partial charge in [-0.15, -0.1) is 16.9 Å². The number of thioether (sulfide) groups is 2. The van der Waals surface area contributed by atoms with E-state index in [0.29, 0.717) is 27.9 Å². The number of carboxylic acid groups (broad SMARTS) is 2. The minimum absolute atomic E-state index is 0.0956. The van der Waals surface area contributed by atoms with Gasteiger partial charge >= 0.3 is 5.97 Å². The van der Waals surface area contributed by atoms with Crippen LogP contribution in [0.5, 0.6) is 0 Å². The van der Waals surface area contributed by atoms with E-state index < -0.39 is 18.0 Å². The van der Waals surface area contributed by atoms with E-state index in [9.17, 15) is 19.5 Å². The van der Waals surface area contributed by atoms with Gasteiger partial charge < -0.3 is 20.3 Å². The van der Waals surface area contributed by atoms with Gasteiger partial charge in [0.1, 0.15) is 11.4 Å². The fourth-order valence-corrected chi connectivity index (χ4v) is 5.61. The summed E-state index contributed by atoms with van der Waals surface area (Å²) < 4.78 is 2.97. The van der Waals surface area contributed by atoms with Gasteiger partial charge in [0, 0.05) is 36.4 Å². The summed E-state index contributed by atoms with van der Waals surface area (Å²) in [7, 11) is 1.68. The third kappa shape index (κ3) is 4.20. The maximum absolute atomic E-state index is 12.8. The van der Waals surface area contributed by atoms with Crippen molar-refractivity contribution < 1.29 is 29.2 Å². The first-order chi connectivity index (χ1) is 14.8. The van der Waals surface area contributed by atoms with E-state index in [-0.39, 0.29) is 23.5 Å². The number of hydrogen-bond donors (Lipinski definition) is 2. The molecule has 0 saturated carbocycles. The lowest BCUT2D eigenvalue weighted by atomic mass is 10.0.